The highest BCUT2D eigenvalue weighted by molar-refractivity contribution is 7.92. The van der Waals surface area contributed by atoms with Crippen molar-refractivity contribution < 1.29 is 27.1 Å². The number of anilines is 1. The van der Waals surface area contributed by atoms with Crippen LogP contribution in [0.2, 0.25) is 0 Å². The van der Waals surface area contributed by atoms with Crippen LogP contribution in [0.25, 0.3) is 0 Å². The van der Waals surface area contributed by atoms with E-state index in [-0.39, 0.29) is 19.4 Å². The lowest BCUT2D eigenvalue weighted by molar-refractivity contribution is -0.125. The molecule has 0 radical (unpaired) electrons. The van der Waals surface area contributed by atoms with Gasteiger partial charge < -0.3 is 16.2 Å². The van der Waals surface area contributed by atoms with Gasteiger partial charge in [-0.3, -0.25) is 9.52 Å². The van der Waals surface area contributed by atoms with E-state index in [1.165, 1.54) is 17.7 Å². The smallest absolute Gasteiger partial charge is 0.229 e. The average Bonchev–Trinajstić information content (AvgIpc) is 2.85. The Morgan fingerprint density at radius 2 is 1.56 bits per heavy atom. The second-order valence-electron chi connectivity index (χ2n) is 9.80. The molecule has 1 amide bonds. The Kier molecular flexibility index (Phi) is 10.6. The molecular formula is C29H35F2N3O4S. The minimum atomic E-state index is -3.45. The fraction of sp³-hybridized carbons (Fsp3) is 0.345. The molecule has 0 heterocycles. The van der Waals surface area contributed by atoms with Crippen LogP contribution in [0.15, 0.2) is 66.7 Å². The lowest BCUT2D eigenvalue weighted by Gasteiger charge is -2.30. The van der Waals surface area contributed by atoms with Gasteiger partial charge in [-0.05, 0) is 65.8 Å². The number of aryl methyl sites for hydroxylation is 1. The van der Waals surface area contributed by atoms with E-state index in [0.717, 1.165) is 24.3 Å². The molecular weight excluding hydrogens is 524 g/mol. The van der Waals surface area contributed by atoms with E-state index >= 15 is 0 Å². The Bertz CT molecular complexity index is 1350. The highest BCUT2D eigenvalue weighted by Crippen LogP contribution is 2.27. The summed E-state index contributed by atoms with van der Waals surface area (Å²) in [6, 6.07) is 17.6. The second kappa shape index (κ2) is 13.6. The Morgan fingerprint density at radius 1 is 0.923 bits per heavy atom. The lowest BCUT2D eigenvalue weighted by Crippen LogP contribution is -2.43. The van der Waals surface area contributed by atoms with Crippen LogP contribution in [-0.4, -0.2) is 38.3 Å². The average molecular weight is 560 g/mol. The van der Waals surface area contributed by atoms with Gasteiger partial charge in [0, 0.05) is 36.7 Å². The van der Waals surface area contributed by atoms with Gasteiger partial charge in [-0.1, -0.05) is 43.3 Å². The van der Waals surface area contributed by atoms with E-state index in [4.69, 9.17) is 5.73 Å². The molecule has 0 saturated heterocycles. The van der Waals surface area contributed by atoms with Crippen molar-refractivity contribution >= 4 is 21.6 Å². The topological polar surface area (TPSA) is 122 Å². The molecule has 3 atom stereocenters. The molecule has 39 heavy (non-hydrogen) atoms. The van der Waals surface area contributed by atoms with Crippen molar-refractivity contribution in [1.29, 1.82) is 0 Å². The summed E-state index contributed by atoms with van der Waals surface area (Å²) < 4.78 is 53.2. The largest absolute Gasteiger partial charge is 0.391 e. The highest BCUT2D eigenvalue weighted by Gasteiger charge is 2.33. The standard InChI is InChI=1S/C29H35F2N3O4S/c1-3-19-5-4-6-21(11-19)17-33-18-28(35)26(15-22-12-23(30)16-24(31)13-22)27(29(32)36)14-20-7-9-25(10-8-20)34-39(2,37)38/h4-13,16,26-28,33-35H,3,14-15,17-18H2,1-2H3,(H2,32,36). The fourth-order valence-corrected chi connectivity index (χ4v) is 5.23. The number of rotatable bonds is 14. The van der Waals surface area contributed by atoms with E-state index in [1.54, 1.807) is 24.3 Å². The van der Waals surface area contributed by atoms with Crippen LogP contribution in [0.4, 0.5) is 14.5 Å². The summed E-state index contributed by atoms with van der Waals surface area (Å²) in [4.78, 5) is 12.6. The molecule has 10 heteroatoms. The van der Waals surface area contributed by atoms with Crippen molar-refractivity contribution in [2.24, 2.45) is 17.6 Å². The monoisotopic (exact) mass is 559 g/mol. The molecule has 5 N–H and O–H groups in total. The number of halogens is 2. The molecule has 3 aromatic carbocycles. The van der Waals surface area contributed by atoms with E-state index in [0.29, 0.717) is 23.4 Å². The van der Waals surface area contributed by atoms with E-state index in [9.17, 15) is 27.1 Å². The maximum atomic E-state index is 13.9. The number of hydrogen-bond donors (Lipinski definition) is 4. The molecule has 0 aliphatic heterocycles. The van der Waals surface area contributed by atoms with Crippen LogP contribution < -0.4 is 15.8 Å². The Hall–Kier alpha value is -3.34. The zero-order valence-electron chi connectivity index (χ0n) is 22.0. The number of benzene rings is 3. The van der Waals surface area contributed by atoms with E-state index < -0.39 is 45.5 Å². The van der Waals surface area contributed by atoms with Crippen LogP contribution in [-0.2, 0) is 40.6 Å². The molecule has 210 valence electrons. The van der Waals surface area contributed by atoms with Crippen molar-refractivity contribution in [3.05, 3.63) is 101 Å². The number of aliphatic hydroxyl groups is 1. The number of nitrogens with one attached hydrogen (secondary N) is 2. The van der Waals surface area contributed by atoms with Gasteiger partial charge in [-0.15, -0.1) is 0 Å². The molecule has 3 rings (SSSR count). The quantitative estimate of drug-likeness (QED) is 0.241. The van der Waals surface area contributed by atoms with Crippen molar-refractivity contribution in [3.63, 3.8) is 0 Å². The maximum Gasteiger partial charge on any atom is 0.229 e. The van der Waals surface area contributed by atoms with Gasteiger partial charge in [0.1, 0.15) is 11.6 Å². The summed E-state index contributed by atoms with van der Waals surface area (Å²) in [5, 5.41) is 14.4. The summed E-state index contributed by atoms with van der Waals surface area (Å²) >= 11 is 0. The van der Waals surface area contributed by atoms with Gasteiger partial charge in [-0.25, -0.2) is 17.2 Å². The SMILES string of the molecule is CCc1cccc(CNCC(O)C(Cc2cc(F)cc(F)c2)C(Cc2ccc(NS(C)(=O)=O)cc2)C(N)=O)c1. The third kappa shape index (κ3) is 9.72. The van der Waals surface area contributed by atoms with Crippen LogP contribution in [0.3, 0.4) is 0 Å². The molecule has 0 bridgehead atoms. The zero-order chi connectivity index (χ0) is 28.6. The van der Waals surface area contributed by atoms with Crippen molar-refractivity contribution in [2.75, 3.05) is 17.5 Å². The first kappa shape index (κ1) is 30.2. The molecule has 7 nitrogen and oxygen atoms in total. The molecule has 0 aliphatic rings. The van der Waals surface area contributed by atoms with Gasteiger partial charge in [0.2, 0.25) is 15.9 Å². The fourth-order valence-electron chi connectivity index (χ4n) is 4.66. The first-order valence-corrected chi connectivity index (χ1v) is 14.6. The zero-order valence-corrected chi connectivity index (χ0v) is 22.8. The predicted molar refractivity (Wildman–Crippen MR) is 148 cm³/mol. The molecule has 0 spiro atoms. The van der Waals surface area contributed by atoms with Gasteiger partial charge >= 0.3 is 0 Å². The number of sulfonamides is 1. The van der Waals surface area contributed by atoms with E-state index in [2.05, 4.69) is 23.0 Å². The lowest BCUT2D eigenvalue weighted by atomic mass is 9.78. The summed E-state index contributed by atoms with van der Waals surface area (Å²) in [6.07, 6.45) is 1.04. The van der Waals surface area contributed by atoms with Crippen molar-refractivity contribution in [2.45, 2.75) is 38.8 Å². The summed E-state index contributed by atoms with van der Waals surface area (Å²) in [6.45, 7) is 2.68. The van der Waals surface area contributed by atoms with Crippen LogP contribution in [0, 0.1) is 23.5 Å². The third-order valence-corrected chi connectivity index (χ3v) is 7.17. The number of hydrogen-bond acceptors (Lipinski definition) is 5. The maximum absolute atomic E-state index is 13.9. The first-order chi connectivity index (χ1) is 18.4. The Balaban J connectivity index is 1.81. The first-order valence-electron chi connectivity index (χ1n) is 12.7. The second-order valence-corrected chi connectivity index (χ2v) is 11.6. The third-order valence-electron chi connectivity index (χ3n) is 6.57. The Morgan fingerprint density at radius 3 is 2.15 bits per heavy atom. The minimum Gasteiger partial charge on any atom is -0.391 e. The van der Waals surface area contributed by atoms with E-state index in [1.807, 2.05) is 18.2 Å². The predicted octanol–water partition coefficient (Wildman–Crippen LogP) is 3.55. The number of nitrogens with two attached hydrogens (primary N) is 1. The van der Waals surface area contributed by atoms with Gasteiger partial charge in [0.05, 0.1) is 12.4 Å². The normalized spacial score (nSPS) is 14.0. The van der Waals surface area contributed by atoms with Crippen LogP contribution in [0.1, 0.15) is 29.2 Å². The summed E-state index contributed by atoms with van der Waals surface area (Å²) in [5.74, 6) is -3.80. The molecule has 0 saturated carbocycles. The summed E-state index contributed by atoms with van der Waals surface area (Å²) in [7, 11) is -3.45. The molecule has 3 unspecified atom stereocenters. The highest BCUT2D eigenvalue weighted by atomic mass is 32.2. The van der Waals surface area contributed by atoms with Gasteiger partial charge in [0.15, 0.2) is 0 Å². The molecule has 0 aliphatic carbocycles. The number of aliphatic hydroxyl groups excluding tert-OH is 1. The molecule has 0 aromatic heterocycles. The number of amides is 1. The van der Waals surface area contributed by atoms with Gasteiger partial charge in [0.25, 0.3) is 0 Å². The van der Waals surface area contributed by atoms with Crippen molar-refractivity contribution in [1.82, 2.24) is 5.32 Å². The minimum absolute atomic E-state index is 0.0180. The number of carbonyl (C=O) groups is 1. The number of carbonyl (C=O) groups excluding carboxylic acids is 1. The molecule has 0 fully saturated rings. The van der Waals surface area contributed by atoms with Crippen LogP contribution >= 0.6 is 0 Å². The van der Waals surface area contributed by atoms with Crippen LogP contribution in [0.5, 0.6) is 0 Å². The van der Waals surface area contributed by atoms with Crippen molar-refractivity contribution in [3.8, 4) is 0 Å². The number of primary amides is 1. The van der Waals surface area contributed by atoms with Gasteiger partial charge in [-0.2, -0.15) is 0 Å². The Labute approximate surface area is 228 Å². The summed E-state index contributed by atoms with van der Waals surface area (Å²) in [5.41, 5.74) is 9.36. The molecule has 3 aromatic rings.